The van der Waals surface area contributed by atoms with Crippen LogP contribution in [0.5, 0.6) is 0 Å². The van der Waals surface area contributed by atoms with Gasteiger partial charge in [0.05, 0.1) is 6.54 Å². The van der Waals surface area contributed by atoms with Gasteiger partial charge in [-0.3, -0.25) is 32.1 Å². The van der Waals surface area contributed by atoms with Crippen molar-refractivity contribution in [1.82, 2.24) is 0 Å². The van der Waals surface area contributed by atoms with Crippen LogP contribution in [0.3, 0.4) is 0 Å². The highest BCUT2D eigenvalue weighted by atomic mass is 16.1. The molecule has 0 atom stereocenters. The minimum atomic E-state index is 0. The van der Waals surface area contributed by atoms with Crippen LogP contribution < -0.4 is 28.0 Å². The van der Waals surface area contributed by atoms with Gasteiger partial charge in [-0.1, -0.05) is 59.7 Å². The van der Waals surface area contributed by atoms with Gasteiger partial charge in [-0.05, 0) is 19.4 Å². The molecule has 2 aromatic carbocycles. The molecule has 0 radical (unpaired) electrons. The van der Waals surface area contributed by atoms with Crippen LogP contribution >= 0.6 is 0 Å². The van der Waals surface area contributed by atoms with Crippen molar-refractivity contribution in [2.24, 2.45) is 22.2 Å². The van der Waals surface area contributed by atoms with E-state index in [-0.39, 0.29) is 17.9 Å². The molecule has 8 heteroatoms. The zero-order valence-electron chi connectivity index (χ0n) is 16.4. The Balaban J connectivity index is 0. The van der Waals surface area contributed by atoms with Gasteiger partial charge in [0.25, 0.3) is 11.7 Å². The lowest BCUT2D eigenvalue weighted by Gasteiger charge is -1.93. The molecule has 8 nitrogen and oxygen atoms in total. The summed E-state index contributed by atoms with van der Waals surface area (Å²) in [6.07, 6.45) is 2.61. The Morgan fingerprint density at radius 2 is 1.29 bits per heavy atom. The van der Waals surface area contributed by atoms with Crippen LogP contribution in [-0.4, -0.2) is 42.7 Å². The summed E-state index contributed by atoms with van der Waals surface area (Å²) in [6.45, 7) is 4.70. The molecule has 0 bridgehead atoms. The number of nitrogens with zero attached hydrogens (tertiary/aromatic N) is 1. The van der Waals surface area contributed by atoms with E-state index < -0.39 is 0 Å². The highest BCUT2D eigenvalue weighted by Crippen LogP contribution is 2.00. The molecule has 2 rings (SSSR count). The number of benzene rings is 2. The van der Waals surface area contributed by atoms with E-state index in [1.165, 1.54) is 11.1 Å². The largest absolute Gasteiger partial charge is 0.412 e. The Kier molecular flexibility index (Phi) is 15.2. The lowest BCUT2D eigenvalue weighted by atomic mass is 10.2. The predicted octanol–water partition coefficient (Wildman–Crippen LogP) is -2.43. The van der Waals surface area contributed by atoms with Crippen molar-refractivity contribution in [3.05, 3.63) is 70.8 Å². The summed E-state index contributed by atoms with van der Waals surface area (Å²) in [4.78, 5) is 14.2. The molecule has 0 amide bonds. The molecular weight excluding hydrogens is 356 g/mol. The van der Waals surface area contributed by atoms with E-state index in [2.05, 4.69) is 4.99 Å². The molecule has 0 unspecified atom stereocenters. The van der Waals surface area contributed by atoms with Gasteiger partial charge in [-0.15, -0.1) is 0 Å². The lowest BCUT2D eigenvalue weighted by Crippen LogP contribution is -2.49. The summed E-state index contributed by atoms with van der Waals surface area (Å²) < 4.78 is 0. The number of carbonyl (C=O) groups is 1. The maximum Gasteiger partial charge on any atom is 0.260 e. The van der Waals surface area contributed by atoms with Crippen LogP contribution in [0.2, 0.25) is 0 Å². The Bertz CT molecular complexity index is 740. The van der Waals surface area contributed by atoms with E-state index in [0.717, 1.165) is 17.4 Å². The number of hydrogen-bond acceptors (Lipinski definition) is 3. The average Bonchev–Trinajstić information content (AvgIpc) is 2.65. The van der Waals surface area contributed by atoms with Crippen LogP contribution in [-0.2, 0) is 0 Å². The molecule has 28 heavy (non-hydrogen) atoms. The molecule has 0 saturated carbocycles. The van der Waals surface area contributed by atoms with Crippen molar-refractivity contribution in [2.45, 2.75) is 13.8 Å². The highest BCUT2D eigenvalue weighted by Gasteiger charge is 1.90. The fourth-order valence-corrected chi connectivity index (χ4v) is 1.55. The minimum absolute atomic E-state index is 0. The van der Waals surface area contributed by atoms with Crippen LogP contribution in [0.4, 0.5) is 0 Å². The molecule has 0 saturated heterocycles. The molecule has 12 N–H and O–H groups in total. The number of hydrogen-bond donors (Lipinski definition) is 5. The molecule has 2 aromatic rings. The second-order valence-electron chi connectivity index (χ2n) is 5.76. The first-order chi connectivity index (χ1) is 12.8. The zero-order valence-corrected chi connectivity index (χ0v) is 16.4. The second-order valence-corrected chi connectivity index (χ2v) is 5.76. The Morgan fingerprint density at radius 3 is 1.61 bits per heavy atom. The van der Waals surface area contributed by atoms with E-state index >= 15 is 0 Å². The topological polar surface area (TPSA) is 190 Å². The molecule has 0 aromatic heterocycles. The molecule has 0 aliphatic carbocycles. The molecule has 152 valence electrons. The summed E-state index contributed by atoms with van der Waals surface area (Å²) in [5.74, 6) is 0.619. The van der Waals surface area contributed by atoms with Gasteiger partial charge in [-0.25, -0.2) is 0 Å². The van der Waals surface area contributed by atoms with E-state index in [1.807, 2.05) is 62.4 Å². The Labute approximate surface area is 165 Å². The summed E-state index contributed by atoms with van der Waals surface area (Å²) >= 11 is 0. The van der Waals surface area contributed by atoms with Gasteiger partial charge in [0.15, 0.2) is 0 Å². The van der Waals surface area contributed by atoms with Crippen molar-refractivity contribution < 1.29 is 21.1 Å². The number of carbonyl (C=O) groups excluding carboxylic acids is 1. The molecular formula is C20H32N6O2+2. The van der Waals surface area contributed by atoms with Gasteiger partial charge >= 0.3 is 0 Å². The second kappa shape index (κ2) is 15.9. The molecule has 0 fully saturated rings. The standard InChI is InChI=1S/C10H13N3.C8H8O.C2H7N3.H2O/c1-8-2-4-9(5-3-8)6-13-7-10(11)12;1-7-2-4-8(6-9)5-3-7;3-1-2(4)5;/h2-6H,7H2,1H3,(H3,11,12);2-6H,1H3;1,3H2,(H3,4,5);1H2/p+2. The number of aldehydes is 1. The molecule has 0 heterocycles. The predicted molar refractivity (Wildman–Crippen MR) is 115 cm³/mol. The molecule has 0 aliphatic rings. The van der Waals surface area contributed by atoms with Crippen LogP contribution in [0, 0.1) is 13.8 Å². The third-order valence-corrected chi connectivity index (χ3v) is 3.04. The third-order valence-electron chi connectivity index (χ3n) is 3.04. The summed E-state index contributed by atoms with van der Waals surface area (Å²) in [5.41, 5.74) is 19.2. The van der Waals surface area contributed by atoms with Crippen LogP contribution in [0.1, 0.15) is 27.0 Å². The summed E-state index contributed by atoms with van der Waals surface area (Å²) in [6, 6.07) is 15.5. The van der Waals surface area contributed by atoms with Gasteiger partial charge in [0, 0.05) is 11.8 Å². The van der Waals surface area contributed by atoms with Gasteiger partial charge < -0.3 is 11.2 Å². The van der Waals surface area contributed by atoms with E-state index in [0.29, 0.717) is 12.4 Å². The van der Waals surface area contributed by atoms with Crippen molar-refractivity contribution in [1.29, 1.82) is 0 Å². The maximum absolute atomic E-state index is 10.1. The maximum atomic E-state index is 10.1. The van der Waals surface area contributed by atoms with Crippen molar-refractivity contribution in [3.8, 4) is 0 Å². The number of aliphatic imine (C=N–C) groups is 1. The van der Waals surface area contributed by atoms with Gasteiger partial charge in [0.1, 0.15) is 12.8 Å². The fraction of sp³-hybridized carbons (Fsp3) is 0.200. The number of amidine groups is 2. The third kappa shape index (κ3) is 14.9. The number of nitrogens with two attached hydrogens (primary N) is 5. The first-order valence-corrected chi connectivity index (χ1v) is 8.30. The number of aryl methyl sites for hydroxylation is 2. The SMILES string of the molecule is Cc1ccc(C=NCC(N)=[NH2+])cc1.Cc1ccc(C=O)cc1.NCC(N)=[NH2+].O. The first kappa shape index (κ1) is 26.9. The summed E-state index contributed by atoms with van der Waals surface area (Å²) in [7, 11) is 0. The van der Waals surface area contributed by atoms with Gasteiger partial charge in [-0.2, -0.15) is 0 Å². The lowest BCUT2D eigenvalue weighted by molar-refractivity contribution is -0.117. The summed E-state index contributed by atoms with van der Waals surface area (Å²) in [5, 5.41) is 10.1. The van der Waals surface area contributed by atoms with Crippen LogP contribution in [0.25, 0.3) is 0 Å². The van der Waals surface area contributed by atoms with Crippen molar-refractivity contribution in [3.63, 3.8) is 0 Å². The normalized spacial score (nSPS) is 9.11. The quantitative estimate of drug-likeness (QED) is 0.216. The minimum Gasteiger partial charge on any atom is -0.412 e. The highest BCUT2D eigenvalue weighted by molar-refractivity contribution is 5.83. The van der Waals surface area contributed by atoms with E-state index in [9.17, 15) is 4.79 Å². The van der Waals surface area contributed by atoms with E-state index in [4.69, 9.17) is 28.0 Å². The van der Waals surface area contributed by atoms with Crippen molar-refractivity contribution >= 4 is 24.2 Å². The first-order valence-electron chi connectivity index (χ1n) is 8.30. The molecule has 0 spiro atoms. The number of rotatable bonds is 5. The van der Waals surface area contributed by atoms with Crippen LogP contribution in [0.15, 0.2) is 53.5 Å². The van der Waals surface area contributed by atoms with E-state index in [1.54, 1.807) is 6.21 Å². The smallest absolute Gasteiger partial charge is 0.260 e. The zero-order chi connectivity index (χ0) is 20.7. The van der Waals surface area contributed by atoms with Crippen molar-refractivity contribution in [2.75, 3.05) is 13.1 Å². The average molecular weight is 389 g/mol. The molecule has 0 aliphatic heterocycles. The monoisotopic (exact) mass is 388 g/mol. The fourth-order valence-electron chi connectivity index (χ4n) is 1.55. The Hall–Kier alpha value is -3.36. The Morgan fingerprint density at radius 1 is 0.893 bits per heavy atom. The van der Waals surface area contributed by atoms with Gasteiger partial charge in [0.2, 0.25) is 0 Å².